The summed E-state index contributed by atoms with van der Waals surface area (Å²) >= 11 is 0. The van der Waals surface area contributed by atoms with E-state index in [9.17, 15) is 5.11 Å². The average Bonchev–Trinajstić information content (AvgIpc) is 2.86. The first-order valence-electron chi connectivity index (χ1n) is 12.6. The molecule has 5 nitrogen and oxygen atoms in total. The van der Waals surface area contributed by atoms with E-state index < -0.39 is 0 Å². The first kappa shape index (κ1) is 22.2. The first-order chi connectivity index (χ1) is 16.2. The lowest BCUT2D eigenvalue weighted by Gasteiger charge is -2.39. The number of aromatic nitrogens is 1. The molecule has 1 aliphatic heterocycles. The van der Waals surface area contributed by atoms with E-state index in [0.717, 1.165) is 70.6 Å². The van der Waals surface area contributed by atoms with E-state index in [2.05, 4.69) is 63.0 Å². The van der Waals surface area contributed by atoms with Crippen LogP contribution < -0.4 is 4.90 Å². The molecule has 5 heteroatoms. The van der Waals surface area contributed by atoms with Gasteiger partial charge in [-0.25, -0.2) is 0 Å². The summed E-state index contributed by atoms with van der Waals surface area (Å²) in [6, 6.07) is 17.2. The van der Waals surface area contributed by atoms with Crippen LogP contribution in [0.3, 0.4) is 0 Å². The molecule has 5 rings (SSSR count). The Morgan fingerprint density at radius 3 is 2.70 bits per heavy atom. The molecule has 0 radical (unpaired) electrons. The summed E-state index contributed by atoms with van der Waals surface area (Å²) < 4.78 is 0. The van der Waals surface area contributed by atoms with Crippen molar-refractivity contribution in [3.8, 4) is 5.75 Å². The third kappa shape index (κ3) is 4.85. The molecule has 1 aliphatic carbocycles. The normalized spacial score (nSPS) is 19.2. The maximum Gasteiger partial charge on any atom is 0.119 e. The number of hydrogen-bond acceptors (Lipinski definition) is 5. The monoisotopic (exact) mass is 444 g/mol. The van der Waals surface area contributed by atoms with Crippen molar-refractivity contribution < 1.29 is 5.11 Å². The van der Waals surface area contributed by atoms with Crippen molar-refractivity contribution in [2.45, 2.75) is 38.6 Å². The van der Waals surface area contributed by atoms with E-state index in [1.807, 2.05) is 18.3 Å². The Morgan fingerprint density at radius 1 is 1.00 bits per heavy atom. The summed E-state index contributed by atoms with van der Waals surface area (Å²) in [5, 5.41) is 11.4. The van der Waals surface area contributed by atoms with Gasteiger partial charge in [-0.3, -0.25) is 14.8 Å². The molecule has 1 aromatic heterocycles. The molecule has 2 heterocycles. The van der Waals surface area contributed by atoms with Crippen molar-refractivity contribution in [1.29, 1.82) is 0 Å². The molecule has 33 heavy (non-hydrogen) atoms. The fourth-order valence-corrected chi connectivity index (χ4v) is 5.68. The number of hydrogen-bond donors (Lipinski definition) is 1. The van der Waals surface area contributed by atoms with Gasteiger partial charge in [0, 0.05) is 62.6 Å². The zero-order chi connectivity index (χ0) is 22.6. The summed E-state index contributed by atoms with van der Waals surface area (Å²) in [7, 11) is 0. The molecular formula is C28H36N4O. The van der Waals surface area contributed by atoms with Crippen LogP contribution in [-0.2, 0) is 12.8 Å². The highest BCUT2D eigenvalue weighted by Gasteiger charge is 2.26. The second kappa shape index (κ2) is 10.1. The van der Waals surface area contributed by atoms with E-state index in [-0.39, 0.29) is 0 Å². The van der Waals surface area contributed by atoms with Gasteiger partial charge in [-0.05, 0) is 61.6 Å². The van der Waals surface area contributed by atoms with Crippen LogP contribution in [0.2, 0.25) is 0 Å². The smallest absolute Gasteiger partial charge is 0.119 e. The van der Waals surface area contributed by atoms with Crippen LogP contribution in [0.15, 0.2) is 54.7 Å². The van der Waals surface area contributed by atoms with E-state index in [0.29, 0.717) is 11.8 Å². The fourth-order valence-electron chi connectivity index (χ4n) is 5.68. The second-order valence-electron chi connectivity index (χ2n) is 9.52. The Morgan fingerprint density at radius 2 is 1.85 bits per heavy atom. The first-order valence-corrected chi connectivity index (χ1v) is 12.6. The van der Waals surface area contributed by atoms with Gasteiger partial charge in [0.25, 0.3) is 0 Å². The highest BCUT2D eigenvalue weighted by atomic mass is 16.3. The minimum absolute atomic E-state index is 0.479. The van der Waals surface area contributed by atoms with Gasteiger partial charge in [0.15, 0.2) is 0 Å². The fraction of sp³-hybridized carbons (Fsp3) is 0.464. The van der Waals surface area contributed by atoms with Crippen LogP contribution in [0.5, 0.6) is 5.75 Å². The molecule has 0 spiro atoms. The average molecular weight is 445 g/mol. The van der Waals surface area contributed by atoms with Crippen LogP contribution in [0, 0.1) is 0 Å². The van der Waals surface area contributed by atoms with Gasteiger partial charge in [0.1, 0.15) is 5.75 Å². The number of pyridine rings is 1. The number of fused-ring (bicyclic) bond motifs is 2. The highest BCUT2D eigenvalue weighted by molar-refractivity contribution is 5.91. The summed E-state index contributed by atoms with van der Waals surface area (Å²) in [6.45, 7) is 10.1. The third-order valence-corrected chi connectivity index (χ3v) is 7.50. The van der Waals surface area contributed by atoms with E-state index in [4.69, 9.17) is 0 Å². The Labute approximate surface area is 197 Å². The van der Waals surface area contributed by atoms with Crippen molar-refractivity contribution in [3.63, 3.8) is 0 Å². The topological polar surface area (TPSA) is 42.8 Å². The molecule has 174 valence electrons. The minimum atomic E-state index is 0.479. The van der Waals surface area contributed by atoms with Crippen molar-refractivity contribution in [2.24, 2.45) is 0 Å². The standard InChI is InChI=1S/C28H36N4O/c1-2-14-31(23-10-11-24-22(21-23)6-5-9-28(24)33)18-15-30-16-19-32(20-17-30)27-12-13-29-26-8-4-3-7-25(26)27/h3-9,12-13,23,33H,2,10-11,14-21H2,1H3/t23-/m0/s1. The van der Waals surface area contributed by atoms with E-state index >= 15 is 0 Å². The number of piperazine rings is 1. The van der Waals surface area contributed by atoms with Gasteiger partial charge >= 0.3 is 0 Å². The van der Waals surface area contributed by atoms with Gasteiger partial charge < -0.3 is 10.0 Å². The predicted octanol–water partition coefficient (Wildman–Crippen LogP) is 4.33. The maximum atomic E-state index is 10.2. The summed E-state index contributed by atoms with van der Waals surface area (Å²) in [5.41, 5.74) is 4.91. The van der Waals surface area contributed by atoms with Crippen molar-refractivity contribution in [3.05, 3.63) is 65.9 Å². The number of phenolic OH excluding ortho intramolecular Hbond substituents is 1. The molecule has 0 amide bonds. The SMILES string of the molecule is CCCN(CCN1CCN(c2ccnc3ccccc23)CC1)[C@H]1CCc2c(O)cccc2C1. The summed E-state index contributed by atoms with van der Waals surface area (Å²) in [4.78, 5) is 12.4. The van der Waals surface area contributed by atoms with Crippen molar-refractivity contribution >= 4 is 16.6 Å². The van der Waals surface area contributed by atoms with Crippen molar-refractivity contribution in [2.75, 3.05) is 50.7 Å². The Kier molecular flexibility index (Phi) is 6.79. The number of aromatic hydroxyl groups is 1. The number of phenols is 1. The quantitative estimate of drug-likeness (QED) is 0.588. The van der Waals surface area contributed by atoms with E-state index in [1.54, 1.807) is 0 Å². The minimum Gasteiger partial charge on any atom is -0.508 e. The molecule has 2 aromatic carbocycles. The third-order valence-electron chi connectivity index (χ3n) is 7.50. The van der Waals surface area contributed by atoms with Gasteiger partial charge in [-0.1, -0.05) is 37.3 Å². The number of nitrogens with zero attached hydrogens (tertiary/aromatic N) is 4. The van der Waals surface area contributed by atoms with Gasteiger partial charge in [-0.15, -0.1) is 0 Å². The van der Waals surface area contributed by atoms with Crippen LogP contribution in [0.25, 0.3) is 10.9 Å². The Hall–Kier alpha value is -2.63. The second-order valence-corrected chi connectivity index (χ2v) is 9.52. The molecule has 3 aromatic rings. The lowest BCUT2D eigenvalue weighted by Crippen LogP contribution is -2.50. The largest absolute Gasteiger partial charge is 0.508 e. The molecule has 1 fully saturated rings. The van der Waals surface area contributed by atoms with Crippen LogP contribution >= 0.6 is 0 Å². The molecule has 2 aliphatic rings. The lowest BCUT2D eigenvalue weighted by molar-refractivity contribution is 0.145. The highest BCUT2D eigenvalue weighted by Crippen LogP contribution is 2.31. The lowest BCUT2D eigenvalue weighted by atomic mass is 9.87. The zero-order valence-electron chi connectivity index (χ0n) is 19.8. The summed E-state index contributed by atoms with van der Waals surface area (Å²) in [6.07, 6.45) is 6.33. The molecule has 0 unspecified atom stereocenters. The van der Waals surface area contributed by atoms with Gasteiger partial charge in [-0.2, -0.15) is 0 Å². The zero-order valence-corrected chi connectivity index (χ0v) is 19.8. The molecule has 1 saturated heterocycles. The predicted molar refractivity (Wildman–Crippen MR) is 136 cm³/mol. The number of para-hydroxylation sites is 1. The number of benzene rings is 2. The summed E-state index contributed by atoms with van der Waals surface area (Å²) in [5.74, 6) is 0.479. The molecular weight excluding hydrogens is 408 g/mol. The van der Waals surface area contributed by atoms with E-state index in [1.165, 1.54) is 28.6 Å². The Balaban J connectivity index is 1.17. The van der Waals surface area contributed by atoms with Crippen LogP contribution in [0.1, 0.15) is 30.9 Å². The molecule has 1 N–H and O–H groups in total. The number of anilines is 1. The van der Waals surface area contributed by atoms with Gasteiger partial charge in [0.05, 0.1) is 5.52 Å². The van der Waals surface area contributed by atoms with Crippen LogP contribution in [-0.4, -0.2) is 71.7 Å². The number of rotatable bonds is 7. The van der Waals surface area contributed by atoms with Crippen molar-refractivity contribution in [1.82, 2.24) is 14.8 Å². The van der Waals surface area contributed by atoms with Crippen LogP contribution in [0.4, 0.5) is 5.69 Å². The Bertz CT molecular complexity index is 1070. The molecule has 1 atom stereocenters. The van der Waals surface area contributed by atoms with Gasteiger partial charge in [0.2, 0.25) is 0 Å². The molecule has 0 saturated carbocycles. The molecule has 0 bridgehead atoms. The maximum absolute atomic E-state index is 10.2.